The van der Waals surface area contributed by atoms with Crippen LogP contribution >= 0.6 is 0 Å². The maximum atomic E-state index is 12.8. The van der Waals surface area contributed by atoms with Crippen molar-refractivity contribution in [3.05, 3.63) is 35.4 Å². The molecule has 0 aromatic heterocycles. The van der Waals surface area contributed by atoms with E-state index in [9.17, 15) is 9.90 Å². The predicted octanol–water partition coefficient (Wildman–Crippen LogP) is 1.81. The average Bonchev–Trinajstić information content (AvgIpc) is 3.15. The number of nitrogens with zero attached hydrogens (tertiary/aromatic N) is 3. The molecule has 5 nitrogen and oxygen atoms in total. The first-order valence-electron chi connectivity index (χ1n) is 9.66. The van der Waals surface area contributed by atoms with Gasteiger partial charge in [0.25, 0.3) is 5.91 Å². The third kappa shape index (κ3) is 5.03. The van der Waals surface area contributed by atoms with Crippen LogP contribution in [-0.2, 0) is 6.54 Å². The lowest BCUT2D eigenvalue weighted by Crippen LogP contribution is -2.50. The minimum atomic E-state index is -0.260. The lowest BCUT2D eigenvalue weighted by Gasteiger charge is -2.35. The Hall–Kier alpha value is -1.43. The monoisotopic (exact) mass is 345 g/mol. The molecule has 2 aliphatic heterocycles. The summed E-state index contributed by atoms with van der Waals surface area (Å²) in [5.74, 6) is 0.138. The molecule has 5 heteroatoms. The van der Waals surface area contributed by atoms with Crippen molar-refractivity contribution in [2.24, 2.45) is 0 Å². The number of piperazine rings is 1. The van der Waals surface area contributed by atoms with Crippen LogP contribution in [-0.4, -0.2) is 77.6 Å². The molecule has 0 saturated carbocycles. The summed E-state index contributed by atoms with van der Waals surface area (Å²) in [6.07, 6.45) is 3.10. The lowest BCUT2D eigenvalue weighted by atomic mass is 10.1. The van der Waals surface area contributed by atoms with E-state index in [1.54, 1.807) is 0 Å². The van der Waals surface area contributed by atoms with Crippen molar-refractivity contribution in [3.63, 3.8) is 0 Å². The van der Waals surface area contributed by atoms with Gasteiger partial charge >= 0.3 is 0 Å². The molecule has 2 fully saturated rings. The normalized spacial score (nSPS) is 20.8. The lowest BCUT2D eigenvalue weighted by molar-refractivity contribution is 0.0523. The Morgan fingerprint density at radius 3 is 2.48 bits per heavy atom. The van der Waals surface area contributed by atoms with Gasteiger partial charge in [0.2, 0.25) is 0 Å². The molecule has 25 heavy (non-hydrogen) atoms. The highest BCUT2D eigenvalue weighted by atomic mass is 16.3. The minimum absolute atomic E-state index is 0.138. The van der Waals surface area contributed by atoms with Gasteiger partial charge in [-0.25, -0.2) is 0 Å². The molecule has 2 heterocycles. The van der Waals surface area contributed by atoms with Gasteiger partial charge in [-0.2, -0.15) is 0 Å². The first-order chi connectivity index (χ1) is 12.2. The molecule has 2 aliphatic rings. The summed E-state index contributed by atoms with van der Waals surface area (Å²) in [6, 6.07) is 8.13. The van der Waals surface area contributed by atoms with E-state index >= 15 is 0 Å². The maximum Gasteiger partial charge on any atom is 0.253 e. The summed E-state index contributed by atoms with van der Waals surface area (Å²) in [7, 11) is 0. The van der Waals surface area contributed by atoms with Gasteiger partial charge in [-0.15, -0.1) is 0 Å². The van der Waals surface area contributed by atoms with E-state index in [-0.39, 0.29) is 12.0 Å². The number of benzene rings is 1. The third-order valence-corrected chi connectivity index (χ3v) is 5.38. The van der Waals surface area contributed by atoms with Crippen molar-refractivity contribution in [2.75, 3.05) is 45.8 Å². The van der Waals surface area contributed by atoms with Crippen LogP contribution in [0.15, 0.2) is 24.3 Å². The zero-order chi connectivity index (χ0) is 17.6. The first kappa shape index (κ1) is 18.4. The van der Waals surface area contributed by atoms with E-state index < -0.39 is 0 Å². The molecule has 0 aliphatic carbocycles. The Bertz CT molecular complexity index is 564. The molecular weight excluding hydrogens is 314 g/mol. The Morgan fingerprint density at radius 1 is 1.08 bits per heavy atom. The maximum absolute atomic E-state index is 12.8. The summed E-state index contributed by atoms with van der Waals surface area (Å²) in [6.45, 7) is 9.17. The van der Waals surface area contributed by atoms with E-state index in [2.05, 4.69) is 21.9 Å². The second-order valence-corrected chi connectivity index (χ2v) is 7.34. The molecule has 1 aromatic rings. The van der Waals surface area contributed by atoms with Crippen LogP contribution in [0.4, 0.5) is 0 Å². The number of rotatable bonds is 6. The molecule has 1 N–H and O–H groups in total. The number of hydrogen-bond donors (Lipinski definition) is 1. The van der Waals surface area contributed by atoms with Gasteiger partial charge in [0.1, 0.15) is 0 Å². The molecule has 3 rings (SSSR count). The van der Waals surface area contributed by atoms with Crippen LogP contribution in [0.5, 0.6) is 0 Å². The molecule has 0 radical (unpaired) electrons. The quantitative estimate of drug-likeness (QED) is 0.854. The average molecular weight is 345 g/mol. The van der Waals surface area contributed by atoms with Gasteiger partial charge in [0, 0.05) is 44.8 Å². The molecule has 1 unspecified atom stereocenters. The van der Waals surface area contributed by atoms with Crippen molar-refractivity contribution in [3.8, 4) is 0 Å². The van der Waals surface area contributed by atoms with Gasteiger partial charge in [0.05, 0.1) is 6.10 Å². The summed E-state index contributed by atoms with van der Waals surface area (Å²) >= 11 is 0. The molecule has 0 bridgehead atoms. The number of carbonyl (C=O) groups is 1. The van der Waals surface area contributed by atoms with E-state index in [0.29, 0.717) is 6.54 Å². The minimum Gasteiger partial charge on any atom is -0.392 e. The largest absolute Gasteiger partial charge is 0.392 e. The van der Waals surface area contributed by atoms with Crippen molar-refractivity contribution in [2.45, 2.75) is 38.8 Å². The van der Waals surface area contributed by atoms with Gasteiger partial charge in [-0.3, -0.25) is 14.6 Å². The summed E-state index contributed by atoms with van der Waals surface area (Å²) < 4.78 is 0. The topological polar surface area (TPSA) is 47.0 Å². The van der Waals surface area contributed by atoms with Gasteiger partial charge in [0.15, 0.2) is 0 Å². The Kier molecular flexibility index (Phi) is 6.45. The van der Waals surface area contributed by atoms with Crippen LogP contribution in [0.2, 0.25) is 0 Å². The number of hydrogen-bond acceptors (Lipinski definition) is 4. The van der Waals surface area contributed by atoms with E-state index in [4.69, 9.17) is 0 Å². The van der Waals surface area contributed by atoms with Crippen LogP contribution in [0.25, 0.3) is 0 Å². The molecule has 0 spiro atoms. The van der Waals surface area contributed by atoms with Gasteiger partial charge in [-0.05, 0) is 50.0 Å². The second kappa shape index (κ2) is 8.79. The van der Waals surface area contributed by atoms with E-state index in [0.717, 1.165) is 44.7 Å². The third-order valence-electron chi connectivity index (χ3n) is 5.38. The molecule has 2 saturated heterocycles. The highest BCUT2D eigenvalue weighted by Crippen LogP contribution is 2.16. The van der Waals surface area contributed by atoms with E-state index in [1.807, 2.05) is 24.0 Å². The van der Waals surface area contributed by atoms with Crippen LogP contribution in [0, 0.1) is 0 Å². The zero-order valence-corrected chi connectivity index (χ0v) is 15.4. The fourth-order valence-electron chi connectivity index (χ4n) is 3.74. The van der Waals surface area contributed by atoms with E-state index in [1.165, 1.54) is 31.5 Å². The highest BCUT2D eigenvalue weighted by molar-refractivity contribution is 5.94. The van der Waals surface area contributed by atoms with Crippen LogP contribution in [0.1, 0.15) is 42.1 Å². The fourth-order valence-corrected chi connectivity index (χ4v) is 3.74. The Morgan fingerprint density at radius 2 is 1.80 bits per heavy atom. The molecule has 1 atom stereocenters. The second-order valence-electron chi connectivity index (χ2n) is 7.34. The molecule has 138 valence electrons. The summed E-state index contributed by atoms with van der Waals surface area (Å²) in [5.41, 5.74) is 2.04. The number of carbonyl (C=O) groups excluding carboxylic acids is 1. The van der Waals surface area contributed by atoms with Gasteiger partial charge < -0.3 is 10.0 Å². The standard InChI is InChI=1S/C20H31N3O2/c1-2-19(24)16-22-10-12-23(13-11-22)20(25)18-7-5-6-17(14-18)15-21-8-3-4-9-21/h5-7,14,19,24H,2-4,8-13,15-16H2,1H3. The predicted molar refractivity (Wildman–Crippen MR) is 99.6 cm³/mol. The SMILES string of the molecule is CCC(O)CN1CCN(C(=O)c2cccc(CN3CCCC3)c2)CC1. The smallest absolute Gasteiger partial charge is 0.253 e. The Balaban J connectivity index is 1.54. The zero-order valence-electron chi connectivity index (χ0n) is 15.4. The van der Waals surface area contributed by atoms with Crippen molar-refractivity contribution < 1.29 is 9.90 Å². The van der Waals surface area contributed by atoms with Gasteiger partial charge in [-0.1, -0.05) is 19.1 Å². The first-order valence-corrected chi connectivity index (χ1v) is 9.66. The molecular formula is C20H31N3O2. The number of aliphatic hydroxyl groups excluding tert-OH is 1. The van der Waals surface area contributed by atoms with Crippen LogP contribution < -0.4 is 0 Å². The van der Waals surface area contributed by atoms with Crippen molar-refractivity contribution in [1.29, 1.82) is 0 Å². The fraction of sp³-hybridized carbons (Fsp3) is 0.650. The van der Waals surface area contributed by atoms with Crippen molar-refractivity contribution in [1.82, 2.24) is 14.7 Å². The number of amides is 1. The molecule has 1 aromatic carbocycles. The number of aliphatic hydroxyl groups is 1. The number of likely N-dealkylation sites (tertiary alicyclic amines) is 1. The Labute approximate surface area is 151 Å². The van der Waals surface area contributed by atoms with Crippen LogP contribution in [0.3, 0.4) is 0 Å². The summed E-state index contributed by atoms with van der Waals surface area (Å²) in [5, 5.41) is 9.78. The highest BCUT2D eigenvalue weighted by Gasteiger charge is 2.23. The van der Waals surface area contributed by atoms with Crippen molar-refractivity contribution >= 4 is 5.91 Å². The number of β-amino-alcohol motifs (C(OH)–C–C–N with tert-alkyl or cyclic N) is 1. The summed E-state index contributed by atoms with van der Waals surface area (Å²) in [4.78, 5) is 19.5. The molecule has 1 amide bonds.